The Balaban J connectivity index is 2.16. The SMILES string of the molecule is Cc1ccc(CC(C=O)c2ccc(C)cc2)cc1. The molecule has 1 unspecified atom stereocenters. The van der Waals surface area contributed by atoms with Crippen LogP contribution in [0.25, 0.3) is 0 Å². The van der Waals surface area contributed by atoms with E-state index >= 15 is 0 Å². The van der Waals surface area contributed by atoms with Gasteiger partial charge in [-0.05, 0) is 31.4 Å². The molecule has 0 amide bonds. The number of carbonyl (C=O) groups excluding carboxylic acids is 1. The minimum absolute atomic E-state index is 0.0479. The smallest absolute Gasteiger partial charge is 0.127 e. The van der Waals surface area contributed by atoms with Gasteiger partial charge >= 0.3 is 0 Å². The van der Waals surface area contributed by atoms with E-state index in [0.29, 0.717) is 0 Å². The zero-order valence-electron chi connectivity index (χ0n) is 10.9. The molecular formula is C17H18O. The first kappa shape index (κ1) is 12.6. The van der Waals surface area contributed by atoms with Gasteiger partial charge in [-0.25, -0.2) is 0 Å². The van der Waals surface area contributed by atoms with Crippen LogP contribution in [0.2, 0.25) is 0 Å². The zero-order chi connectivity index (χ0) is 13.0. The van der Waals surface area contributed by atoms with E-state index in [1.54, 1.807) is 0 Å². The third-order valence-corrected chi connectivity index (χ3v) is 3.25. The van der Waals surface area contributed by atoms with Crippen LogP contribution in [0.5, 0.6) is 0 Å². The molecule has 2 aromatic rings. The van der Waals surface area contributed by atoms with Gasteiger partial charge in [-0.3, -0.25) is 0 Å². The lowest BCUT2D eigenvalue weighted by molar-refractivity contribution is -0.109. The van der Waals surface area contributed by atoms with Crippen molar-refractivity contribution in [3.8, 4) is 0 Å². The van der Waals surface area contributed by atoms with Crippen LogP contribution in [0.4, 0.5) is 0 Å². The van der Waals surface area contributed by atoms with Crippen LogP contribution in [-0.2, 0) is 11.2 Å². The summed E-state index contributed by atoms with van der Waals surface area (Å²) in [6, 6.07) is 16.6. The summed E-state index contributed by atoms with van der Waals surface area (Å²) in [4.78, 5) is 11.3. The first-order chi connectivity index (χ1) is 8.69. The van der Waals surface area contributed by atoms with Crippen molar-refractivity contribution in [3.05, 3.63) is 70.8 Å². The molecule has 2 rings (SSSR count). The molecule has 2 aromatic carbocycles. The van der Waals surface area contributed by atoms with Gasteiger partial charge in [0.25, 0.3) is 0 Å². The average molecular weight is 238 g/mol. The Labute approximate surface area is 108 Å². The quantitative estimate of drug-likeness (QED) is 0.740. The summed E-state index contributed by atoms with van der Waals surface area (Å²) in [5.74, 6) is -0.0479. The molecule has 0 bridgehead atoms. The van der Waals surface area contributed by atoms with Gasteiger partial charge in [0.15, 0.2) is 0 Å². The fraction of sp³-hybridized carbons (Fsp3) is 0.235. The molecule has 0 aliphatic heterocycles. The van der Waals surface area contributed by atoms with Gasteiger partial charge < -0.3 is 4.79 Å². The first-order valence-corrected chi connectivity index (χ1v) is 6.26. The topological polar surface area (TPSA) is 17.1 Å². The lowest BCUT2D eigenvalue weighted by Gasteiger charge is -2.11. The molecule has 92 valence electrons. The van der Waals surface area contributed by atoms with Gasteiger partial charge in [0.1, 0.15) is 6.29 Å². The van der Waals surface area contributed by atoms with Crippen LogP contribution >= 0.6 is 0 Å². The molecule has 0 aromatic heterocycles. The van der Waals surface area contributed by atoms with E-state index in [9.17, 15) is 4.79 Å². The second-order valence-electron chi connectivity index (χ2n) is 4.84. The first-order valence-electron chi connectivity index (χ1n) is 6.26. The minimum atomic E-state index is -0.0479. The zero-order valence-corrected chi connectivity index (χ0v) is 10.9. The molecule has 18 heavy (non-hydrogen) atoms. The van der Waals surface area contributed by atoms with Crippen molar-refractivity contribution >= 4 is 6.29 Å². The summed E-state index contributed by atoms with van der Waals surface area (Å²) >= 11 is 0. The number of rotatable bonds is 4. The molecule has 1 heteroatoms. The summed E-state index contributed by atoms with van der Waals surface area (Å²) in [7, 11) is 0. The van der Waals surface area contributed by atoms with Crippen LogP contribution in [0.15, 0.2) is 48.5 Å². The van der Waals surface area contributed by atoms with Crippen molar-refractivity contribution in [2.75, 3.05) is 0 Å². The maximum absolute atomic E-state index is 11.3. The molecule has 0 radical (unpaired) electrons. The second kappa shape index (κ2) is 5.63. The molecule has 1 atom stereocenters. The number of benzene rings is 2. The molecule has 0 aliphatic carbocycles. The maximum atomic E-state index is 11.3. The van der Waals surface area contributed by atoms with E-state index in [1.807, 2.05) is 12.1 Å². The van der Waals surface area contributed by atoms with E-state index in [-0.39, 0.29) is 5.92 Å². The van der Waals surface area contributed by atoms with Crippen molar-refractivity contribution in [2.45, 2.75) is 26.2 Å². The normalized spacial score (nSPS) is 12.1. The Morgan fingerprint density at radius 1 is 0.889 bits per heavy atom. The van der Waals surface area contributed by atoms with Crippen molar-refractivity contribution in [3.63, 3.8) is 0 Å². The van der Waals surface area contributed by atoms with Gasteiger partial charge in [0, 0.05) is 5.92 Å². The van der Waals surface area contributed by atoms with E-state index in [2.05, 4.69) is 50.2 Å². The molecular weight excluding hydrogens is 220 g/mol. The number of hydrogen-bond donors (Lipinski definition) is 0. The van der Waals surface area contributed by atoms with E-state index in [4.69, 9.17) is 0 Å². The van der Waals surface area contributed by atoms with Gasteiger partial charge in [-0.1, -0.05) is 59.7 Å². The van der Waals surface area contributed by atoms with Crippen LogP contribution in [0.1, 0.15) is 28.2 Å². The number of carbonyl (C=O) groups is 1. The summed E-state index contributed by atoms with van der Waals surface area (Å²) < 4.78 is 0. The molecule has 1 nitrogen and oxygen atoms in total. The highest BCUT2D eigenvalue weighted by molar-refractivity contribution is 5.63. The standard InChI is InChI=1S/C17H18O/c1-13-3-7-15(8-4-13)11-17(12-18)16-9-5-14(2)6-10-16/h3-10,12,17H,11H2,1-2H3. The fourth-order valence-corrected chi connectivity index (χ4v) is 2.04. The van der Waals surface area contributed by atoms with Crippen molar-refractivity contribution in [2.24, 2.45) is 0 Å². The van der Waals surface area contributed by atoms with Crippen molar-refractivity contribution < 1.29 is 4.79 Å². The Morgan fingerprint density at radius 3 is 1.89 bits per heavy atom. The number of aryl methyl sites for hydroxylation is 2. The highest BCUT2D eigenvalue weighted by Gasteiger charge is 2.10. The largest absolute Gasteiger partial charge is 0.303 e. The molecule has 0 spiro atoms. The van der Waals surface area contributed by atoms with Gasteiger partial charge in [0.2, 0.25) is 0 Å². The molecule has 0 saturated carbocycles. The molecule has 0 aliphatic rings. The average Bonchev–Trinajstić information content (AvgIpc) is 2.39. The molecule has 0 N–H and O–H groups in total. The van der Waals surface area contributed by atoms with Gasteiger partial charge in [-0.15, -0.1) is 0 Å². The Morgan fingerprint density at radius 2 is 1.39 bits per heavy atom. The lowest BCUT2D eigenvalue weighted by atomic mass is 9.92. The third-order valence-electron chi connectivity index (χ3n) is 3.25. The summed E-state index contributed by atoms with van der Waals surface area (Å²) in [5, 5.41) is 0. The van der Waals surface area contributed by atoms with Crippen molar-refractivity contribution in [1.82, 2.24) is 0 Å². The molecule has 0 saturated heterocycles. The van der Waals surface area contributed by atoms with E-state index < -0.39 is 0 Å². The molecule has 0 fully saturated rings. The van der Waals surface area contributed by atoms with E-state index in [0.717, 1.165) is 18.3 Å². The van der Waals surface area contributed by atoms with Crippen LogP contribution < -0.4 is 0 Å². The fourth-order valence-electron chi connectivity index (χ4n) is 2.04. The number of aldehydes is 1. The summed E-state index contributed by atoms with van der Waals surface area (Å²) in [6.45, 7) is 4.13. The summed E-state index contributed by atoms with van der Waals surface area (Å²) in [6.07, 6.45) is 1.82. The maximum Gasteiger partial charge on any atom is 0.127 e. The second-order valence-corrected chi connectivity index (χ2v) is 4.84. The Kier molecular flexibility index (Phi) is 3.93. The highest BCUT2D eigenvalue weighted by Crippen LogP contribution is 2.19. The molecule has 0 heterocycles. The van der Waals surface area contributed by atoms with Crippen LogP contribution in [0, 0.1) is 13.8 Å². The Bertz CT molecular complexity index is 508. The number of hydrogen-bond acceptors (Lipinski definition) is 1. The Hall–Kier alpha value is -1.89. The third kappa shape index (κ3) is 3.07. The monoisotopic (exact) mass is 238 g/mol. The lowest BCUT2D eigenvalue weighted by Crippen LogP contribution is -2.04. The highest BCUT2D eigenvalue weighted by atomic mass is 16.1. The van der Waals surface area contributed by atoms with Crippen LogP contribution in [-0.4, -0.2) is 6.29 Å². The summed E-state index contributed by atoms with van der Waals surface area (Å²) in [5.41, 5.74) is 4.77. The minimum Gasteiger partial charge on any atom is -0.303 e. The van der Waals surface area contributed by atoms with Gasteiger partial charge in [-0.2, -0.15) is 0 Å². The van der Waals surface area contributed by atoms with Crippen LogP contribution in [0.3, 0.4) is 0 Å². The van der Waals surface area contributed by atoms with E-state index in [1.165, 1.54) is 16.7 Å². The predicted molar refractivity (Wildman–Crippen MR) is 74.9 cm³/mol. The van der Waals surface area contributed by atoms with Gasteiger partial charge in [0.05, 0.1) is 0 Å². The van der Waals surface area contributed by atoms with Crippen molar-refractivity contribution in [1.29, 1.82) is 0 Å². The predicted octanol–water partition coefficient (Wildman–Crippen LogP) is 3.83.